The highest BCUT2D eigenvalue weighted by atomic mass is 32.1. The molecule has 0 fully saturated rings. The van der Waals surface area contributed by atoms with Crippen LogP contribution in [0.2, 0.25) is 0 Å². The van der Waals surface area contributed by atoms with Crippen LogP contribution in [0.25, 0.3) is 0 Å². The minimum Gasteiger partial charge on any atom is -0.389 e. The lowest BCUT2D eigenvalue weighted by Crippen LogP contribution is -2.30. The second-order valence-corrected chi connectivity index (χ2v) is 7.40. The van der Waals surface area contributed by atoms with Crippen LogP contribution in [0.1, 0.15) is 42.7 Å². The summed E-state index contributed by atoms with van der Waals surface area (Å²) in [7, 11) is 0. The van der Waals surface area contributed by atoms with Gasteiger partial charge in [0.2, 0.25) is 0 Å². The summed E-state index contributed by atoms with van der Waals surface area (Å²) in [5.74, 6) is 0. The molecular formula is C15H19N3OS2. The molecule has 0 spiro atoms. The second kappa shape index (κ2) is 5.69. The average molecular weight is 321 g/mol. The number of thiazole rings is 1. The summed E-state index contributed by atoms with van der Waals surface area (Å²) >= 11 is 6.49. The van der Waals surface area contributed by atoms with Gasteiger partial charge in [-0.15, -0.1) is 11.3 Å². The molecule has 0 atom stereocenters. The molecule has 2 heterocycles. The fourth-order valence-corrected chi connectivity index (χ4v) is 3.08. The zero-order valence-electron chi connectivity index (χ0n) is 12.6. The van der Waals surface area contributed by atoms with Gasteiger partial charge in [0.15, 0.2) is 0 Å². The van der Waals surface area contributed by atoms with Crippen LogP contribution in [0.15, 0.2) is 22.3 Å². The Morgan fingerprint density at radius 3 is 2.62 bits per heavy atom. The molecule has 6 heteroatoms. The van der Waals surface area contributed by atoms with E-state index >= 15 is 0 Å². The molecule has 0 bridgehead atoms. The Labute approximate surface area is 133 Å². The first kappa shape index (κ1) is 15.9. The quantitative estimate of drug-likeness (QED) is 0.883. The molecule has 0 saturated carbocycles. The van der Waals surface area contributed by atoms with E-state index in [9.17, 15) is 4.79 Å². The van der Waals surface area contributed by atoms with E-state index < -0.39 is 0 Å². The van der Waals surface area contributed by atoms with Crippen LogP contribution in [-0.2, 0) is 12.0 Å². The molecule has 2 N–H and O–H groups in total. The highest BCUT2D eigenvalue weighted by Gasteiger charge is 2.18. The van der Waals surface area contributed by atoms with E-state index in [4.69, 9.17) is 18.0 Å². The number of nitrogens with zero attached hydrogens (tertiary/aromatic N) is 2. The standard InChI is InChI=1S/C15H19N3OS2/c1-9-5-6-10(13(16)20)14(19)18(9)7-12-17-11(8-21-12)15(2,3)4/h5-6,8H,7H2,1-4H3,(H2,16,20). The number of aryl methyl sites for hydroxylation is 1. The van der Waals surface area contributed by atoms with Crippen LogP contribution in [0, 0.1) is 6.92 Å². The van der Waals surface area contributed by atoms with Gasteiger partial charge in [-0.05, 0) is 19.1 Å². The predicted octanol–water partition coefficient (Wildman–Crippen LogP) is 2.59. The normalized spacial score (nSPS) is 11.6. The van der Waals surface area contributed by atoms with Crippen molar-refractivity contribution in [3.8, 4) is 0 Å². The molecule has 112 valence electrons. The predicted molar refractivity (Wildman–Crippen MR) is 91.2 cm³/mol. The number of hydrogen-bond donors (Lipinski definition) is 1. The van der Waals surface area contributed by atoms with Crippen LogP contribution >= 0.6 is 23.6 Å². The van der Waals surface area contributed by atoms with Crippen molar-refractivity contribution in [2.45, 2.75) is 39.7 Å². The summed E-state index contributed by atoms with van der Waals surface area (Å²) in [6, 6.07) is 3.53. The Morgan fingerprint density at radius 1 is 1.43 bits per heavy atom. The number of thiocarbonyl (C=S) groups is 1. The van der Waals surface area contributed by atoms with Crippen molar-refractivity contribution in [3.63, 3.8) is 0 Å². The molecule has 0 radical (unpaired) electrons. The van der Waals surface area contributed by atoms with E-state index in [1.54, 1.807) is 22.0 Å². The Kier molecular flexibility index (Phi) is 4.30. The van der Waals surface area contributed by atoms with Gasteiger partial charge in [-0.25, -0.2) is 4.98 Å². The molecule has 0 amide bonds. The molecule has 0 aliphatic heterocycles. The largest absolute Gasteiger partial charge is 0.389 e. The maximum atomic E-state index is 12.4. The zero-order valence-corrected chi connectivity index (χ0v) is 14.3. The van der Waals surface area contributed by atoms with Gasteiger partial charge in [-0.1, -0.05) is 33.0 Å². The van der Waals surface area contributed by atoms with Crippen molar-refractivity contribution in [1.82, 2.24) is 9.55 Å². The topological polar surface area (TPSA) is 60.9 Å². The van der Waals surface area contributed by atoms with E-state index in [1.165, 1.54) is 0 Å². The smallest absolute Gasteiger partial charge is 0.261 e. The van der Waals surface area contributed by atoms with Crippen molar-refractivity contribution in [2.24, 2.45) is 5.73 Å². The summed E-state index contributed by atoms with van der Waals surface area (Å²) in [5, 5.41) is 2.96. The summed E-state index contributed by atoms with van der Waals surface area (Å²) in [5.41, 5.74) is 7.73. The summed E-state index contributed by atoms with van der Waals surface area (Å²) in [6.07, 6.45) is 0. The first-order valence-corrected chi connectivity index (χ1v) is 7.94. The monoisotopic (exact) mass is 321 g/mol. The molecule has 4 nitrogen and oxygen atoms in total. The van der Waals surface area contributed by atoms with Gasteiger partial charge in [0, 0.05) is 16.5 Å². The van der Waals surface area contributed by atoms with Crippen LogP contribution in [-0.4, -0.2) is 14.5 Å². The third-order valence-electron chi connectivity index (χ3n) is 3.27. The molecule has 0 aromatic carbocycles. The summed E-state index contributed by atoms with van der Waals surface area (Å²) in [4.78, 5) is 17.2. The molecule has 0 aliphatic rings. The van der Waals surface area contributed by atoms with E-state index in [0.29, 0.717) is 12.1 Å². The minimum atomic E-state index is -0.157. The summed E-state index contributed by atoms with van der Waals surface area (Å²) in [6.45, 7) is 8.70. The molecule has 0 aliphatic carbocycles. The van der Waals surface area contributed by atoms with Crippen molar-refractivity contribution >= 4 is 28.5 Å². The fourth-order valence-electron chi connectivity index (χ4n) is 1.92. The summed E-state index contributed by atoms with van der Waals surface area (Å²) < 4.78 is 1.67. The van der Waals surface area contributed by atoms with Gasteiger partial charge in [0.25, 0.3) is 5.56 Å². The first-order valence-electron chi connectivity index (χ1n) is 6.65. The molecule has 2 rings (SSSR count). The number of nitrogens with two attached hydrogens (primary N) is 1. The van der Waals surface area contributed by atoms with Gasteiger partial charge in [0.1, 0.15) is 10.00 Å². The first-order chi connectivity index (χ1) is 9.70. The van der Waals surface area contributed by atoms with Crippen molar-refractivity contribution in [1.29, 1.82) is 0 Å². The maximum absolute atomic E-state index is 12.4. The van der Waals surface area contributed by atoms with Crippen LogP contribution in [0.3, 0.4) is 0 Å². The van der Waals surface area contributed by atoms with Crippen molar-refractivity contribution in [3.05, 3.63) is 49.8 Å². The van der Waals surface area contributed by atoms with Crippen molar-refractivity contribution in [2.75, 3.05) is 0 Å². The maximum Gasteiger partial charge on any atom is 0.261 e. The second-order valence-electron chi connectivity index (χ2n) is 6.02. The average Bonchev–Trinajstić information content (AvgIpc) is 2.82. The van der Waals surface area contributed by atoms with Crippen molar-refractivity contribution < 1.29 is 0 Å². The van der Waals surface area contributed by atoms with Crippen LogP contribution in [0.5, 0.6) is 0 Å². The van der Waals surface area contributed by atoms with Gasteiger partial charge in [-0.3, -0.25) is 4.79 Å². The van der Waals surface area contributed by atoms with Gasteiger partial charge < -0.3 is 10.3 Å². The Bertz CT molecular complexity index is 738. The third-order valence-corrected chi connectivity index (χ3v) is 4.33. The molecule has 2 aromatic rings. The van der Waals surface area contributed by atoms with Gasteiger partial charge >= 0.3 is 0 Å². The molecule has 0 unspecified atom stereocenters. The third kappa shape index (κ3) is 3.39. The van der Waals surface area contributed by atoms with E-state index in [2.05, 4.69) is 25.8 Å². The van der Waals surface area contributed by atoms with Crippen LogP contribution in [0.4, 0.5) is 0 Å². The number of hydrogen-bond acceptors (Lipinski definition) is 4. The Hall–Kier alpha value is -1.53. The highest BCUT2D eigenvalue weighted by molar-refractivity contribution is 7.80. The number of aromatic nitrogens is 2. The fraction of sp³-hybridized carbons (Fsp3) is 0.400. The number of pyridine rings is 1. The highest BCUT2D eigenvalue weighted by Crippen LogP contribution is 2.24. The molecule has 2 aromatic heterocycles. The molecule has 21 heavy (non-hydrogen) atoms. The van der Waals surface area contributed by atoms with E-state index in [1.807, 2.05) is 18.4 Å². The SMILES string of the molecule is Cc1ccc(C(N)=S)c(=O)n1Cc1nc(C(C)(C)C)cs1. The Morgan fingerprint density at radius 2 is 2.10 bits per heavy atom. The number of rotatable bonds is 3. The van der Waals surface area contributed by atoms with E-state index in [0.717, 1.165) is 16.4 Å². The zero-order chi connectivity index (χ0) is 15.8. The lowest BCUT2D eigenvalue weighted by molar-refractivity contribution is 0.569. The van der Waals surface area contributed by atoms with Gasteiger partial charge in [-0.2, -0.15) is 0 Å². The van der Waals surface area contributed by atoms with Crippen LogP contribution < -0.4 is 11.3 Å². The Balaban J connectivity index is 2.40. The molecule has 0 saturated heterocycles. The lowest BCUT2D eigenvalue weighted by Gasteiger charge is -2.14. The van der Waals surface area contributed by atoms with E-state index in [-0.39, 0.29) is 16.0 Å². The lowest BCUT2D eigenvalue weighted by atomic mass is 9.93. The van der Waals surface area contributed by atoms with Gasteiger partial charge in [0.05, 0.1) is 17.8 Å². The minimum absolute atomic E-state index is 0.00935. The molecular weight excluding hydrogens is 302 g/mol.